The van der Waals surface area contributed by atoms with Crippen LogP contribution in [0.3, 0.4) is 0 Å². The van der Waals surface area contributed by atoms with Gasteiger partial charge in [-0.15, -0.1) is 0 Å². The zero-order valence-electron chi connectivity index (χ0n) is 11.9. The summed E-state index contributed by atoms with van der Waals surface area (Å²) >= 11 is 12.6. The first-order valence-corrected chi connectivity index (χ1v) is 8.92. The molecule has 0 radical (unpaired) electrons. The molecule has 1 aliphatic carbocycles. The first-order chi connectivity index (χ1) is 10.6. The van der Waals surface area contributed by atoms with Gasteiger partial charge >= 0.3 is 0 Å². The molecule has 0 spiro atoms. The molecule has 1 aromatic carbocycles. The zero-order chi connectivity index (χ0) is 15.7. The van der Waals surface area contributed by atoms with Crippen LogP contribution in [0.25, 0.3) is 6.08 Å². The van der Waals surface area contributed by atoms with E-state index < -0.39 is 0 Å². The molecule has 1 amide bonds. The maximum Gasteiger partial charge on any atom is 0.266 e. The molecule has 22 heavy (non-hydrogen) atoms. The lowest BCUT2D eigenvalue weighted by Gasteiger charge is -2.29. The van der Waals surface area contributed by atoms with Crippen molar-refractivity contribution in [1.82, 2.24) is 4.90 Å². The van der Waals surface area contributed by atoms with E-state index in [0.29, 0.717) is 19.8 Å². The van der Waals surface area contributed by atoms with E-state index in [9.17, 15) is 9.90 Å². The van der Waals surface area contributed by atoms with Crippen molar-refractivity contribution in [3.63, 3.8) is 0 Å². The Morgan fingerprint density at radius 3 is 2.77 bits per heavy atom. The van der Waals surface area contributed by atoms with E-state index in [1.807, 2.05) is 0 Å². The highest BCUT2D eigenvalue weighted by molar-refractivity contribution is 8.26. The number of amides is 1. The van der Waals surface area contributed by atoms with Crippen molar-refractivity contribution in [2.45, 2.75) is 38.1 Å². The van der Waals surface area contributed by atoms with Crippen molar-refractivity contribution in [2.75, 3.05) is 0 Å². The molecule has 1 saturated heterocycles. The Morgan fingerprint density at radius 1 is 1.32 bits per heavy atom. The van der Waals surface area contributed by atoms with Crippen LogP contribution in [-0.2, 0) is 4.79 Å². The fraction of sp³-hybridized carbons (Fsp3) is 0.375. The van der Waals surface area contributed by atoms with Gasteiger partial charge < -0.3 is 5.11 Å². The molecule has 116 valence electrons. The van der Waals surface area contributed by atoms with E-state index in [2.05, 4.69) is 0 Å². The van der Waals surface area contributed by atoms with Gasteiger partial charge in [0.2, 0.25) is 0 Å². The maximum atomic E-state index is 12.7. The highest BCUT2D eigenvalue weighted by Gasteiger charge is 2.37. The van der Waals surface area contributed by atoms with Crippen LogP contribution < -0.4 is 0 Å². The monoisotopic (exact) mass is 353 g/mol. The van der Waals surface area contributed by atoms with Gasteiger partial charge in [0, 0.05) is 16.6 Å². The molecule has 3 rings (SSSR count). The molecule has 2 aliphatic rings. The standard InChI is InChI=1S/C16H16ClNO2S2/c17-11-6-7-13(19)10(8-11)9-14-15(20)18(16(21)22-14)12-4-2-1-3-5-12/h6-9,12,19H,1-5H2. The van der Waals surface area contributed by atoms with Crippen LogP contribution in [0.15, 0.2) is 23.1 Å². The van der Waals surface area contributed by atoms with Gasteiger partial charge in [0.25, 0.3) is 5.91 Å². The molecule has 6 heteroatoms. The Balaban J connectivity index is 1.86. The van der Waals surface area contributed by atoms with Crippen molar-refractivity contribution < 1.29 is 9.90 Å². The van der Waals surface area contributed by atoms with Gasteiger partial charge in [0.05, 0.1) is 4.91 Å². The van der Waals surface area contributed by atoms with Gasteiger partial charge in [-0.05, 0) is 37.1 Å². The number of carbonyl (C=O) groups excluding carboxylic acids is 1. The Labute approximate surface area is 144 Å². The van der Waals surface area contributed by atoms with Crippen LogP contribution in [0.2, 0.25) is 5.02 Å². The third-order valence-corrected chi connectivity index (χ3v) is 5.61. The van der Waals surface area contributed by atoms with E-state index in [0.717, 1.165) is 25.7 Å². The number of halogens is 1. The number of phenols is 1. The molecule has 2 fully saturated rings. The third-order valence-electron chi connectivity index (χ3n) is 4.04. The van der Waals surface area contributed by atoms with E-state index in [1.54, 1.807) is 23.1 Å². The van der Waals surface area contributed by atoms with Crippen molar-refractivity contribution in [1.29, 1.82) is 0 Å². The number of rotatable bonds is 2. The number of thioether (sulfide) groups is 1. The molecule has 1 aliphatic heterocycles. The van der Waals surface area contributed by atoms with Crippen LogP contribution >= 0.6 is 35.6 Å². The van der Waals surface area contributed by atoms with Gasteiger partial charge in [-0.2, -0.15) is 0 Å². The van der Waals surface area contributed by atoms with Gasteiger partial charge in [0.1, 0.15) is 10.1 Å². The Kier molecular flexibility index (Phi) is 4.76. The van der Waals surface area contributed by atoms with Crippen LogP contribution in [0.4, 0.5) is 0 Å². The van der Waals surface area contributed by atoms with E-state index in [-0.39, 0.29) is 17.7 Å². The molecule has 1 aromatic rings. The van der Waals surface area contributed by atoms with E-state index in [1.165, 1.54) is 24.2 Å². The van der Waals surface area contributed by atoms with Crippen molar-refractivity contribution in [3.05, 3.63) is 33.7 Å². The SMILES string of the molecule is O=C1C(=Cc2cc(Cl)ccc2O)SC(=S)N1C1CCCCC1. The summed E-state index contributed by atoms with van der Waals surface area (Å²) in [6.07, 6.45) is 7.23. The lowest BCUT2D eigenvalue weighted by atomic mass is 9.94. The Bertz CT molecular complexity index is 654. The zero-order valence-corrected chi connectivity index (χ0v) is 14.3. The van der Waals surface area contributed by atoms with E-state index in [4.69, 9.17) is 23.8 Å². The summed E-state index contributed by atoms with van der Waals surface area (Å²) in [6, 6.07) is 5.00. The molecule has 0 atom stereocenters. The van der Waals surface area contributed by atoms with Gasteiger partial charge in [-0.3, -0.25) is 9.69 Å². The third kappa shape index (κ3) is 3.16. The molecule has 1 heterocycles. The Hall–Kier alpha value is -1.04. The van der Waals surface area contributed by atoms with Crippen LogP contribution in [-0.4, -0.2) is 26.3 Å². The predicted octanol–water partition coefficient (Wildman–Crippen LogP) is 4.58. The highest BCUT2D eigenvalue weighted by atomic mass is 35.5. The minimum absolute atomic E-state index is 0.0544. The number of carbonyl (C=O) groups is 1. The van der Waals surface area contributed by atoms with E-state index >= 15 is 0 Å². The van der Waals surface area contributed by atoms with Crippen molar-refractivity contribution in [2.24, 2.45) is 0 Å². The number of phenolic OH excluding ortho intramolecular Hbond substituents is 1. The number of benzene rings is 1. The van der Waals surface area contributed by atoms with Gasteiger partial charge in [-0.1, -0.05) is 54.8 Å². The largest absolute Gasteiger partial charge is 0.507 e. The second-order valence-electron chi connectivity index (χ2n) is 5.55. The van der Waals surface area contributed by atoms with Crippen molar-refractivity contribution in [3.8, 4) is 5.75 Å². The quantitative estimate of drug-likeness (QED) is 0.624. The molecule has 0 unspecified atom stereocenters. The average Bonchev–Trinajstić information content (AvgIpc) is 2.78. The summed E-state index contributed by atoms with van der Waals surface area (Å²) in [7, 11) is 0. The number of nitrogens with zero attached hydrogens (tertiary/aromatic N) is 1. The summed E-state index contributed by atoms with van der Waals surface area (Å²) in [5.41, 5.74) is 0.539. The molecule has 1 N–H and O–H groups in total. The second kappa shape index (κ2) is 6.60. The molecule has 0 aromatic heterocycles. The first kappa shape index (κ1) is 15.8. The van der Waals surface area contributed by atoms with Crippen molar-refractivity contribution >= 4 is 51.9 Å². The molecule has 0 bridgehead atoms. The lowest BCUT2D eigenvalue weighted by Crippen LogP contribution is -2.39. The van der Waals surface area contributed by atoms with Gasteiger partial charge in [-0.25, -0.2) is 0 Å². The van der Waals surface area contributed by atoms with Crippen LogP contribution in [0.5, 0.6) is 5.75 Å². The lowest BCUT2D eigenvalue weighted by molar-refractivity contribution is -0.124. The summed E-state index contributed by atoms with van der Waals surface area (Å²) in [6.45, 7) is 0. The van der Waals surface area contributed by atoms with Crippen LogP contribution in [0.1, 0.15) is 37.7 Å². The highest BCUT2D eigenvalue weighted by Crippen LogP contribution is 2.38. The Morgan fingerprint density at radius 2 is 2.05 bits per heavy atom. The molecular formula is C16H16ClNO2S2. The molecule has 1 saturated carbocycles. The topological polar surface area (TPSA) is 40.5 Å². The summed E-state index contributed by atoms with van der Waals surface area (Å²) in [4.78, 5) is 15.0. The maximum absolute atomic E-state index is 12.7. The van der Waals surface area contributed by atoms with Gasteiger partial charge in [0.15, 0.2) is 0 Å². The number of hydrogen-bond donors (Lipinski definition) is 1. The summed E-state index contributed by atoms with van der Waals surface area (Å²) in [5, 5.41) is 10.4. The second-order valence-corrected chi connectivity index (χ2v) is 7.66. The normalized spacial score (nSPS) is 21.9. The molecular weight excluding hydrogens is 338 g/mol. The fourth-order valence-electron chi connectivity index (χ4n) is 2.92. The molecule has 3 nitrogen and oxygen atoms in total. The number of thiocarbonyl (C=S) groups is 1. The predicted molar refractivity (Wildman–Crippen MR) is 95.0 cm³/mol. The summed E-state index contributed by atoms with van der Waals surface area (Å²) in [5.74, 6) is 0.0496. The average molecular weight is 354 g/mol. The first-order valence-electron chi connectivity index (χ1n) is 7.32. The summed E-state index contributed by atoms with van der Waals surface area (Å²) < 4.78 is 0.615. The minimum atomic E-state index is -0.0544. The van der Waals surface area contributed by atoms with Crippen LogP contribution in [0, 0.1) is 0 Å². The minimum Gasteiger partial charge on any atom is -0.507 e. The number of hydrogen-bond acceptors (Lipinski definition) is 4. The smallest absolute Gasteiger partial charge is 0.266 e. The fourth-order valence-corrected chi connectivity index (χ4v) is 4.49. The number of aromatic hydroxyl groups is 1.